The zero-order valence-corrected chi connectivity index (χ0v) is 20.2. The van der Waals surface area contributed by atoms with Gasteiger partial charge in [-0.1, -0.05) is 56.9 Å². The van der Waals surface area contributed by atoms with Crippen LogP contribution in [0.2, 0.25) is 0 Å². The summed E-state index contributed by atoms with van der Waals surface area (Å²) in [7, 11) is 0. The summed E-state index contributed by atoms with van der Waals surface area (Å²) in [5.74, 6) is 0.172. The molecule has 1 fully saturated rings. The van der Waals surface area contributed by atoms with Crippen LogP contribution in [0.5, 0.6) is 0 Å². The van der Waals surface area contributed by atoms with Crippen molar-refractivity contribution in [3.05, 3.63) is 64.4 Å². The average molecular weight is 471 g/mol. The van der Waals surface area contributed by atoms with Crippen molar-refractivity contribution in [2.24, 2.45) is 0 Å². The number of benzene rings is 1. The Morgan fingerprint density at radius 2 is 2.07 bits per heavy atom. The number of unbranched alkanes of at least 4 members (excludes halogenated alkanes) is 2. The van der Waals surface area contributed by atoms with Gasteiger partial charge in [-0.15, -0.1) is 10.3 Å². The number of nitrogens with zero attached hydrogens (tertiary/aromatic N) is 1. The third kappa shape index (κ3) is 6.35. The van der Waals surface area contributed by atoms with Gasteiger partial charge in [-0.3, -0.25) is 4.79 Å². The van der Waals surface area contributed by atoms with E-state index in [1.54, 1.807) is 11.3 Å². The molecule has 1 aromatic carbocycles. The maximum absolute atomic E-state index is 12.4. The van der Waals surface area contributed by atoms with Gasteiger partial charge in [0.05, 0.1) is 12.1 Å². The molecule has 5 heteroatoms. The number of hydrogen-bond donors (Lipinski definition) is 1. The molecule has 2 heterocycles. The first-order chi connectivity index (χ1) is 13.2. The third-order valence-electron chi connectivity index (χ3n) is 5.10. The fourth-order valence-electron chi connectivity index (χ4n) is 3.56. The van der Waals surface area contributed by atoms with Crippen LogP contribution in [0.25, 0.3) is 0 Å². The molecule has 0 spiro atoms. The maximum atomic E-state index is 12.4. The van der Waals surface area contributed by atoms with E-state index in [0.29, 0.717) is 6.42 Å². The van der Waals surface area contributed by atoms with Crippen LogP contribution in [-0.2, 0) is 43.9 Å². The maximum Gasteiger partial charge on any atom is 0.227 e. The van der Waals surface area contributed by atoms with Crippen molar-refractivity contribution >= 4 is 22.9 Å². The Kier molecular flexibility index (Phi) is 10.1. The molecule has 1 saturated heterocycles. The first kappa shape index (κ1) is 23.5. The molecule has 0 bridgehead atoms. The Balaban J connectivity index is 0.00000280. The number of aliphatic hydroxyl groups is 1. The van der Waals surface area contributed by atoms with Gasteiger partial charge in [0.25, 0.3) is 0 Å². The molecule has 147 valence electrons. The molecular weight excluding hydrogens is 443 g/mol. The average Bonchev–Trinajstić information content (AvgIpc) is 3.32. The Morgan fingerprint density at radius 1 is 1.29 bits per heavy atom. The molecule has 2 atom stereocenters. The van der Waals surface area contributed by atoms with E-state index >= 15 is 0 Å². The molecular formula is C23H28NO2SY-. The monoisotopic (exact) mass is 471 g/mol. The fraction of sp³-hybridized carbons (Fsp3) is 0.435. The van der Waals surface area contributed by atoms with Gasteiger partial charge in [0.15, 0.2) is 0 Å². The SMILES string of the molecule is CCCCCC(O)c1ccc(N2C(=O)CC[C@@H]2C=CCc2cc[c-]s2)cc1.[Y]. The van der Waals surface area contributed by atoms with E-state index in [0.717, 1.165) is 49.8 Å². The zero-order valence-electron chi connectivity index (χ0n) is 16.5. The number of carbonyl (C=O) groups is 1. The minimum atomic E-state index is -0.418. The summed E-state index contributed by atoms with van der Waals surface area (Å²) in [6, 6.07) is 12.0. The van der Waals surface area contributed by atoms with Crippen molar-refractivity contribution in [2.45, 2.75) is 64.0 Å². The van der Waals surface area contributed by atoms with Crippen LogP contribution in [0.1, 0.15) is 62.0 Å². The number of carbonyl (C=O) groups excluding carboxylic acids is 1. The second kappa shape index (κ2) is 12.0. The molecule has 2 aromatic rings. The van der Waals surface area contributed by atoms with Crippen LogP contribution in [0.4, 0.5) is 5.69 Å². The van der Waals surface area contributed by atoms with Crippen LogP contribution in [-0.4, -0.2) is 17.1 Å². The smallest absolute Gasteiger partial charge is 0.227 e. The summed E-state index contributed by atoms with van der Waals surface area (Å²) in [6.07, 6.45) is 10.3. The minimum Gasteiger partial charge on any atom is -0.388 e. The summed E-state index contributed by atoms with van der Waals surface area (Å²) in [5, 5.41) is 13.4. The number of amides is 1. The number of aliphatic hydroxyl groups excluding tert-OH is 1. The summed E-state index contributed by atoms with van der Waals surface area (Å²) in [6.45, 7) is 2.16. The van der Waals surface area contributed by atoms with Crippen LogP contribution in [0.15, 0.2) is 48.6 Å². The third-order valence-corrected chi connectivity index (χ3v) is 5.91. The molecule has 28 heavy (non-hydrogen) atoms. The van der Waals surface area contributed by atoms with Gasteiger partial charge >= 0.3 is 0 Å². The van der Waals surface area contributed by atoms with Gasteiger partial charge in [0.2, 0.25) is 5.91 Å². The fourth-order valence-corrected chi connectivity index (χ4v) is 4.16. The Hall–Kier alpha value is -0.806. The zero-order chi connectivity index (χ0) is 19.1. The summed E-state index contributed by atoms with van der Waals surface area (Å²) in [5.41, 5.74) is 1.85. The van der Waals surface area contributed by atoms with E-state index in [-0.39, 0.29) is 44.7 Å². The Bertz CT molecular complexity index is 742. The molecule has 1 N–H and O–H groups in total. The molecule has 3 rings (SSSR count). The van der Waals surface area contributed by atoms with E-state index in [1.807, 2.05) is 35.2 Å². The van der Waals surface area contributed by atoms with Crippen LogP contribution in [0.3, 0.4) is 0 Å². The number of thiophene rings is 1. The number of allylic oxidation sites excluding steroid dienone is 1. The van der Waals surface area contributed by atoms with Crippen molar-refractivity contribution < 1.29 is 42.6 Å². The van der Waals surface area contributed by atoms with Crippen molar-refractivity contribution in [1.29, 1.82) is 0 Å². The first-order valence-corrected chi connectivity index (χ1v) is 10.7. The van der Waals surface area contributed by atoms with Crippen molar-refractivity contribution in [3.63, 3.8) is 0 Å². The molecule has 1 aliphatic heterocycles. The van der Waals surface area contributed by atoms with Crippen molar-refractivity contribution in [2.75, 3.05) is 4.90 Å². The molecule has 1 aromatic heterocycles. The number of hydrogen-bond acceptors (Lipinski definition) is 3. The Labute approximate surface area is 197 Å². The van der Waals surface area contributed by atoms with Crippen molar-refractivity contribution in [1.82, 2.24) is 0 Å². The summed E-state index contributed by atoms with van der Waals surface area (Å²) < 4.78 is 0. The predicted molar refractivity (Wildman–Crippen MR) is 112 cm³/mol. The van der Waals surface area contributed by atoms with E-state index in [4.69, 9.17) is 0 Å². The van der Waals surface area contributed by atoms with Gasteiger partial charge in [-0.2, -0.15) is 6.07 Å². The van der Waals surface area contributed by atoms with Gasteiger partial charge in [-0.25, -0.2) is 6.07 Å². The standard InChI is InChI=1S/C23H28NO2S.Y/c1-2-3-4-10-22(25)18-11-13-20(14-12-18)24-19(15-16-23(24)26)7-5-8-21-9-6-17-27-21;/h5-7,9,11-14,19,22,25H,2-4,8,10,15-16H2,1H3;/q-1;/t19-,22?;/m0./s1. The minimum absolute atomic E-state index is 0. The van der Waals surface area contributed by atoms with E-state index < -0.39 is 6.10 Å². The van der Waals surface area contributed by atoms with E-state index in [9.17, 15) is 9.90 Å². The molecule has 3 nitrogen and oxygen atoms in total. The molecule has 1 amide bonds. The number of rotatable bonds is 9. The van der Waals surface area contributed by atoms with Crippen LogP contribution < -0.4 is 4.90 Å². The largest absolute Gasteiger partial charge is 0.388 e. The predicted octanol–water partition coefficient (Wildman–Crippen LogP) is 5.45. The molecule has 1 aliphatic rings. The van der Waals surface area contributed by atoms with Gasteiger partial charge in [-0.05, 0) is 30.5 Å². The van der Waals surface area contributed by atoms with E-state index in [1.165, 1.54) is 4.88 Å². The number of anilines is 1. The summed E-state index contributed by atoms with van der Waals surface area (Å²) >= 11 is 1.63. The summed E-state index contributed by atoms with van der Waals surface area (Å²) in [4.78, 5) is 15.6. The topological polar surface area (TPSA) is 40.5 Å². The van der Waals surface area contributed by atoms with Crippen LogP contribution >= 0.6 is 11.3 Å². The molecule has 0 saturated carbocycles. The van der Waals surface area contributed by atoms with Gasteiger partial charge < -0.3 is 21.3 Å². The van der Waals surface area contributed by atoms with Gasteiger partial charge in [0.1, 0.15) is 0 Å². The normalized spacial score (nSPS) is 17.9. The second-order valence-corrected chi connectivity index (χ2v) is 8.09. The molecule has 1 unspecified atom stereocenters. The quantitative estimate of drug-likeness (QED) is 0.300. The molecule has 1 radical (unpaired) electrons. The molecule has 0 aliphatic carbocycles. The van der Waals surface area contributed by atoms with E-state index in [2.05, 4.69) is 30.5 Å². The Morgan fingerprint density at radius 3 is 2.75 bits per heavy atom. The van der Waals surface area contributed by atoms with Crippen molar-refractivity contribution in [3.8, 4) is 0 Å². The first-order valence-electron chi connectivity index (χ1n) is 9.90. The van der Waals surface area contributed by atoms with Crippen LogP contribution in [0, 0.1) is 5.38 Å². The second-order valence-electron chi connectivity index (χ2n) is 7.12. The van der Waals surface area contributed by atoms with Gasteiger partial charge in [0, 0.05) is 44.8 Å².